The Balaban J connectivity index is 1.97. The summed E-state index contributed by atoms with van der Waals surface area (Å²) in [5, 5.41) is 0. The topological polar surface area (TPSA) is 44.8 Å². The van der Waals surface area contributed by atoms with Crippen LogP contribution in [0.4, 0.5) is 0 Å². The molecular formula is C10H11O4P. The first-order chi connectivity index (χ1) is 7.23. The van der Waals surface area contributed by atoms with Crippen LogP contribution in [0, 0.1) is 0 Å². The molecule has 0 amide bonds. The quantitative estimate of drug-likeness (QED) is 0.688. The highest BCUT2D eigenvalue weighted by Crippen LogP contribution is 2.60. The second-order valence-electron chi connectivity index (χ2n) is 3.91. The van der Waals surface area contributed by atoms with E-state index >= 15 is 0 Å². The van der Waals surface area contributed by atoms with Gasteiger partial charge in [-0.2, -0.15) is 0 Å². The van der Waals surface area contributed by atoms with Gasteiger partial charge in [-0.25, -0.2) is 4.57 Å². The Labute approximate surface area is 87.8 Å². The highest BCUT2D eigenvalue weighted by molar-refractivity contribution is 7.48. The van der Waals surface area contributed by atoms with Gasteiger partial charge in [0.25, 0.3) is 0 Å². The molecule has 3 saturated heterocycles. The highest BCUT2D eigenvalue weighted by Gasteiger charge is 2.51. The first-order valence-electron chi connectivity index (χ1n) is 4.82. The van der Waals surface area contributed by atoms with Gasteiger partial charge in [-0.15, -0.1) is 0 Å². The third kappa shape index (κ3) is 1.45. The number of phosphoric ester groups is 1. The molecular weight excluding hydrogens is 215 g/mol. The zero-order chi connectivity index (χ0) is 10.4. The lowest BCUT2D eigenvalue weighted by molar-refractivity contribution is -0.0524. The van der Waals surface area contributed by atoms with E-state index in [0.29, 0.717) is 19.8 Å². The Kier molecular flexibility index (Phi) is 2.01. The molecule has 0 unspecified atom stereocenters. The van der Waals surface area contributed by atoms with E-state index in [2.05, 4.69) is 0 Å². The van der Waals surface area contributed by atoms with Crippen LogP contribution in [0.1, 0.15) is 5.56 Å². The summed E-state index contributed by atoms with van der Waals surface area (Å²) in [6.07, 6.45) is 0. The van der Waals surface area contributed by atoms with E-state index in [0.717, 1.165) is 5.56 Å². The van der Waals surface area contributed by atoms with Crippen LogP contribution in [0.5, 0.6) is 0 Å². The molecule has 3 fully saturated rings. The average molecular weight is 226 g/mol. The molecule has 3 heterocycles. The van der Waals surface area contributed by atoms with Crippen molar-refractivity contribution in [2.45, 2.75) is 5.41 Å². The van der Waals surface area contributed by atoms with Gasteiger partial charge in [0, 0.05) is 0 Å². The number of hydrogen-bond donors (Lipinski definition) is 0. The van der Waals surface area contributed by atoms with Crippen molar-refractivity contribution in [1.29, 1.82) is 0 Å². The molecule has 4 rings (SSSR count). The van der Waals surface area contributed by atoms with Gasteiger partial charge in [0.05, 0.1) is 25.2 Å². The third-order valence-corrected chi connectivity index (χ3v) is 4.22. The van der Waals surface area contributed by atoms with Gasteiger partial charge in [-0.3, -0.25) is 13.6 Å². The molecule has 2 bridgehead atoms. The van der Waals surface area contributed by atoms with Gasteiger partial charge in [-0.05, 0) is 5.56 Å². The molecule has 5 heteroatoms. The Morgan fingerprint density at radius 2 is 1.53 bits per heavy atom. The highest BCUT2D eigenvalue weighted by atomic mass is 31.2. The van der Waals surface area contributed by atoms with E-state index in [1.54, 1.807) is 0 Å². The second-order valence-corrected chi connectivity index (χ2v) is 5.58. The molecule has 0 radical (unpaired) electrons. The minimum atomic E-state index is -3.19. The van der Waals surface area contributed by atoms with E-state index in [-0.39, 0.29) is 5.41 Å². The van der Waals surface area contributed by atoms with E-state index < -0.39 is 7.82 Å². The smallest absolute Gasteiger partial charge is 0.286 e. The van der Waals surface area contributed by atoms with Crippen molar-refractivity contribution in [3.8, 4) is 0 Å². The Morgan fingerprint density at radius 1 is 1.00 bits per heavy atom. The van der Waals surface area contributed by atoms with Crippen molar-refractivity contribution in [3.63, 3.8) is 0 Å². The molecule has 0 spiro atoms. The predicted octanol–water partition coefficient (Wildman–Crippen LogP) is 2.11. The molecule has 0 atom stereocenters. The van der Waals surface area contributed by atoms with Gasteiger partial charge >= 0.3 is 7.82 Å². The number of benzene rings is 1. The van der Waals surface area contributed by atoms with Gasteiger partial charge in [0.1, 0.15) is 0 Å². The van der Waals surface area contributed by atoms with Crippen LogP contribution < -0.4 is 0 Å². The van der Waals surface area contributed by atoms with Crippen LogP contribution in [0.15, 0.2) is 30.3 Å². The third-order valence-electron chi connectivity index (χ3n) is 2.88. The number of phosphoric acid groups is 1. The molecule has 3 aliphatic rings. The lowest BCUT2D eigenvalue weighted by Crippen LogP contribution is -2.48. The van der Waals surface area contributed by atoms with Gasteiger partial charge in [0.15, 0.2) is 0 Å². The molecule has 1 aromatic carbocycles. The zero-order valence-corrected chi connectivity index (χ0v) is 8.98. The summed E-state index contributed by atoms with van der Waals surface area (Å²) in [4.78, 5) is 0. The lowest BCUT2D eigenvalue weighted by Gasteiger charge is -2.44. The van der Waals surface area contributed by atoms with Crippen molar-refractivity contribution >= 4 is 7.82 Å². The lowest BCUT2D eigenvalue weighted by atomic mass is 9.83. The van der Waals surface area contributed by atoms with Gasteiger partial charge in [-0.1, -0.05) is 30.3 Å². The zero-order valence-electron chi connectivity index (χ0n) is 8.09. The van der Waals surface area contributed by atoms with Crippen molar-refractivity contribution in [3.05, 3.63) is 35.9 Å². The SMILES string of the molecule is O=P12OCC(c3ccccc3)(CO1)CO2. The fourth-order valence-corrected chi connectivity index (χ4v) is 3.33. The minimum Gasteiger partial charge on any atom is -0.286 e. The largest absolute Gasteiger partial charge is 0.474 e. The normalized spacial score (nSPS) is 39.2. The summed E-state index contributed by atoms with van der Waals surface area (Å²) < 4.78 is 26.9. The van der Waals surface area contributed by atoms with Crippen LogP contribution in [-0.4, -0.2) is 19.8 Å². The maximum Gasteiger partial charge on any atom is 0.474 e. The fraction of sp³-hybridized carbons (Fsp3) is 0.400. The van der Waals surface area contributed by atoms with Gasteiger partial charge in [0.2, 0.25) is 0 Å². The molecule has 4 nitrogen and oxygen atoms in total. The van der Waals surface area contributed by atoms with Crippen molar-refractivity contribution in [2.24, 2.45) is 0 Å². The fourth-order valence-electron chi connectivity index (χ4n) is 1.89. The molecule has 15 heavy (non-hydrogen) atoms. The summed E-state index contributed by atoms with van der Waals surface area (Å²) in [6, 6.07) is 9.91. The Bertz CT molecular complexity index is 385. The summed E-state index contributed by atoms with van der Waals surface area (Å²) in [5.41, 5.74) is 0.823. The standard InChI is InChI=1S/C10H11O4P/c11-15-12-6-10(7-13-15,8-14-15)9-4-2-1-3-5-9/h1-5H,6-8H2. The molecule has 80 valence electrons. The maximum absolute atomic E-state index is 11.5. The monoisotopic (exact) mass is 226 g/mol. The van der Waals surface area contributed by atoms with Crippen LogP contribution in [0.25, 0.3) is 0 Å². The summed E-state index contributed by atoms with van der Waals surface area (Å²) in [7, 11) is -3.19. The number of fused-ring (bicyclic) bond motifs is 3. The van der Waals surface area contributed by atoms with E-state index in [4.69, 9.17) is 13.6 Å². The second kappa shape index (κ2) is 3.16. The first kappa shape index (κ1) is 9.55. The molecule has 0 aliphatic carbocycles. The predicted molar refractivity (Wildman–Crippen MR) is 53.6 cm³/mol. The van der Waals surface area contributed by atoms with E-state index in [9.17, 15) is 4.57 Å². The first-order valence-corrected chi connectivity index (χ1v) is 6.28. The van der Waals surface area contributed by atoms with Crippen LogP contribution >= 0.6 is 7.82 Å². The Morgan fingerprint density at radius 3 is 2.07 bits per heavy atom. The van der Waals surface area contributed by atoms with E-state index in [1.807, 2.05) is 30.3 Å². The molecule has 0 N–H and O–H groups in total. The molecule has 1 aromatic rings. The summed E-state index contributed by atoms with van der Waals surface area (Å²) >= 11 is 0. The average Bonchev–Trinajstić information content (AvgIpc) is 2.32. The van der Waals surface area contributed by atoms with Crippen molar-refractivity contribution < 1.29 is 18.1 Å². The minimum absolute atomic E-state index is 0.284. The summed E-state index contributed by atoms with van der Waals surface area (Å²) in [6.45, 7) is 1.23. The van der Waals surface area contributed by atoms with Gasteiger partial charge < -0.3 is 0 Å². The number of rotatable bonds is 1. The van der Waals surface area contributed by atoms with Crippen molar-refractivity contribution in [1.82, 2.24) is 0 Å². The number of hydrogen-bond acceptors (Lipinski definition) is 4. The Hall–Kier alpha value is -0.670. The van der Waals surface area contributed by atoms with Crippen LogP contribution in [0.3, 0.4) is 0 Å². The summed E-state index contributed by atoms with van der Waals surface area (Å²) in [5.74, 6) is 0. The van der Waals surface area contributed by atoms with Crippen LogP contribution in [0.2, 0.25) is 0 Å². The molecule has 3 aliphatic heterocycles. The van der Waals surface area contributed by atoms with Crippen molar-refractivity contribution in [2.75, 3.05) is 19.8 Å². The molecule has 0 saturated carbocycles. The molecule has 0 aromatic heterocycles. The van der Waals surface area contributed by atoms with Crippen LogP contribution in [-0.2, 0) is 23.6 Å². The maximum atomic E-state index is 11.5. The van der Waals surface area contributed by atoms with E-state index in [1.165, 1.54) is 0 Å².